The molecule has 1 aliphatic carbocycles. The van der Waals surface area contributed by atoms with Crippen molar-refractivity contribution >= 4 is 40.1 Å². The molecule has 0 saturated heterocycles. The quantitative estimate of drug-likeness (QED) is 0.593. The van der Waals surface area contributed by atoms with Crippen molar-refractivity contribution in [2.75, 3.05) is 4.90 Å². The van der Waals surface area contributed by atoms with Crippen molar-refractivity contribution in [2.24, 2.45) is 5.92 Å². The maximum absolute atomic E-state index is 12.1. The van der Waals surface area contributed by atoms with Crippen molar-refractivity contribution in [3.63, 3.8) is 0 Å². The van der Waals surface area contributed by atoms with Crippen LogP contribution in [0.2, 0.25) is 0 Å². The molecule has 0 bridgehead atoms. The monoisotopic (exact) mass is 438 g/mol. The minimum absolute atomic E-state index is 0.450. The van der Waals surface area contributed by atoms with Crippen LogP contribution in [-0.4, -0.2) is 34.6 Å². The van der Waals surface area contributed by atoms with Gasteiger partial charge < -0.3 is 15.3 Å². The van der Waals surface area contributed by atoms with Crippen LogP contribution in [0.4, 0.5) is 17.1 Å². The first-order chi connectivity index (χ1) is 16.0. The number of aliphatic hydroxyl groups is 1. The molecule has 3 aromatic rings. The van der Waals surface area contributed by atoms with Crippen molar-refractivity contribution in [3.8, 4) is 0 Å². The van der Waals surface area contributed by atoms with E-state index in [1.807, 2.05) is 66.7 Å². The zero-order chi connectivity index (χ0) is 22.9. The maximum atomic E-state index is 12.1. The normalized spacial score (nSPS) is 22.3. The smallest absolute Gasteiger partial charge is 0.267 e. The number of carbonyl (C=O) groups excluding carboxylic acids is 3. The molecule has 0 spiro atoms. The number of ketones is 3. The summed E-state index contributed by atoms with van der Waals surface area (Å²) in [7, 11) is 0. The van der Waals surface area contributed by atoms with Gasteiger partial charge in [-0.05, 0) is 48.4 Å². The van der Waals surface area contributed by atoms with E-state index in [1.54, 1.807) is 0 Å². The van der Waals surface area contributed by atoms with Crippen molar-refractivity contribution in [2.45, 2.75) is 18.6 Å². The molecule has 1 saturated carbocycles. The van der Waals surface area contributed by atoms with Crippen LogP contribution < -0.4 is 10.2 Å². The molecule has 164 valence electrons. The molecular weight excluding hydrogens is 416 g/mol. The lowest BCUT2D eigenvalue weighted by atomic mass is 9.94. The van der Waals surface area contributed by atoms with Gasteiger partial charge in [-0.1, -0.05) is 54.6 Å². The van der Waals surface area contributed by atoms with Crippen LogP contribution in [0.25, 0.3) is 5.70 Å². The van der Waals surface area contributed by atoms with Crippen LogP contribution in [0.15, 0.2) is 91.0 Å². The van der Waals surface area contributed by atoms with Crippen LogP contribution >= 0.6 is 0 Å². The Labute approximate surface area is 191 Å². The average Bonchev–Trinajstić information content (AvgIpc) is 3.41. The topological polar surface area (TPSA) is 86.7 Å². The summed E-state index contributed by atoms with van der Waals surface area (Å²) in [6, 6.07) is 27.7. The van der Waals surface area contributed by atoms with E-state index in [2.05, 4.69) is 34.5 Å². The second kappa shape index (κ2) is 8.48. The van der Waals surface area contributed by atoms with Crippen molar-refractivity contribution in [1.82, 2.24) is 5.32 Å². The third kappa shape index (κ3) is 3.75. The van der Waals surface area contributed by atoms with Gasteiger partial charge in [0, 0.05) is 28.8 Å². The van der Waals surface area contributed by atoms with Gasteiger partial charge in [0.15, 0.2) is 0 Å². The Morgan fingerprint density at radius 3 is 1.79 bits per heavy atom. The number of rotatable bonds is 5. The lowest BCUT2D eigenvalue weighted by Crippen LogP contribution is -2.40. The predicted octanol–water partition coefficient (Wildman–Crippen LogP) is 3.56. The van der Waals surface area contributed by atoms with Gasteiger partial charge in [0.25, 0.3) is 5.78 Å². The molecule has 2 N–H and O–H groups in total. The molecule has 0 aromatic heterocycles. The van der Waals surface area contributed by atoms with Gasteiger partial charge in [0.1, 0.15) is 6.10 Å². The zero-order valence-corrected chi connectivity index (χ0v) is 17.7. The molecular formula is C27H22N2O4. The summed E-state index contributed by atoms with van der Waals surface area (Å²) in [5, 5.41) is 13.3. The number of nitrogens with one attached hydrogen (secondary N) is 1. The van der Waals surface area contributed by atoms with Crippen LogP contribution in [0, 0.1) is 5.92 Å². The van der Waals surface area contributed by atoms with Gasteiger partial charge in [-0.3, -0.25) is 14.4 Å². The minimum Gasteiger partial charge on any atom is -0.384 e. The number of benzene rings is 3. The number of nitrogens with zero attached hydrogens (tertiary/aromatic N) is 1. The summed E-state index contributed by atoms with van der Waals surface area (Å²) in [6.07, 6.45) is 0.813. The van der Waals surface area contributed by atoms with Crippen molar-refractivity contribution in [1.29, 1.82) is 0 Å². The van der Waals surface area contributed by atoms with E-state index >= 15 is 0 Å². The predicted molar refractivity (Wildman–Crippen MR) is 125 cm³/mol. The van der Waals surface area contributed by atoms with Gasteiger partial charge in [-0.25, -0.2) is 0 Å². The molecule has 2 aliphatic rings. The van der Waals surface area contributed by atoms with Crippen LogP contribution in [-0.2, 0) is 14.4 Å². The largest absolute Gasteiger partial charge is 0.384 e. The highest BCUT2D eigenvalue weighted by molar-refractivity contribution is 6.68. The Hall–Kier alpha value is -4.03. The Bertz CT molecular complexity index is 1200. The first-order valence-electron chi connectivity index (χ1n) is 10.8. The van der Waals surface area contributed by atoms with E-state index in [0.717, 1.165) is 28.3 Å². The molecule has 33 heavy (non-hydrogen) atoms. The molecule has 3 unspecified atom stereocenters. The number of para-hydroxylation sites is 2. The van der Waals surface area contributed by atoms with E-state index in [-0.39, 0.29) is 0 Å². The van der Waals surface area contributed by atoms with E-state index in [9.17, 15) is 19.5 Å². The van der Waals surface area contributed by atoms with Gasteiger partial charge in [-0.15, -0.1) is 0 Å². The molecule has 0 radical (unpaired) electrons. The number of Topliss-reactive ketones (excluding diaryl/α,β-unsaturated/α-hetero) is 3. The summed E-state index contributed by atoms with van der Waals surface area (Å²) in [5.74, 6) is -3.96. The van der Waals surface area contributed by atoms with Crippen molar-refractivity contribution < 1.29 is 19.5 Å². The molecule has 1 aliphatic heterocycles. The second-order valence-electron chi connectivity index (χ2n) is 8.19. The standard InChI is InChI=1S/C27H22N2O4/c30-24-23(25(31)27(33)26(24)32)22-16-15-21(28-22)17-11-13-20(14-12-17)29(18-7-3-1-4-8-18)19-9-5-2-6-10-19/h1-15,22-24,28,30H,16H2. The van der Waals surface area contributed by atoms with E-state index in [1.165, 1.54) is 0 Å². The minimum atomic E-state index is -1.57. The molecule has 3 atom stereocenters. The highest BCUT2D eigenvalue weighted by Crippen LogP contribution is 2.35. The molecule has 6 heteroatoms. The Balaban J connectivity index is 1.38. The summed E-state index contributed by atoms with van der Waals surface area (Å²) in [4.78, 5) is 37.7. The first kappa shape index (κ1) is 20.8. The summed E-state index contributed by atoms with van der Waals surface area (Å²) in [6.45, 7) is 0. The van der Waals surface area contributed by atoms with Crippen molar-refractivity contribution in [3.05, 3.63) is 96.6 Å². The third-order valence-electron chi connectivity index (χ3n) is 6.17. The molecule has 6 nitrogen and oxygen atoms in total. The van der Waals surface area contributed by atoms with Crippen LogP contribution in [0.3, 0.4) is 0 Å². The van der Waals surface area contributed by atoms with Gasteiger partial charge in [-0.2, -0.15) is 0 Å². The summed E-state index contributed by atoms with van der Waals surface area (Å²) >= 11 is 0. The Morgan fingerprint density at radius 1 is 0.727 bits per heavy atom. The highest BCUT2D eigenvalue weighted by atomic mass is 16.3. The van der Waals surface area contributed by atoms with Crippen LogP contribution in [0.5, 0.6) is 0 Å². The van der Waals surface area contributed by atoms with E-state index < -0.39 is 35.4 Å². The Kier molecular flexibility index (Phi) is 5.36. The number of hydrogen-bond donors (Lipinski definition) is 2. The summed E-state index contributed by atoms with van der Waals surface area (Å²) in [5.41, 5.74) is 4.80. The number of carbonyl (C=O) groups is 3. The number of anilines is 3. The molecule has 3 aromatic carbocycles. The fourth-order valence-corrected chi connectivity index (χ4v) is 4.51. The number of aliphatic hydroxyl groups excluding tert-OH is 1. The zero-order valence-electron chi connectivity index (χ0n) is 17.7. The van der Waals surface area contributed by atoms with Gasteiger partial charge in [0.05, 0.1) is 5.92 Å². The molecule has 1 heterocycles. The lowest BCUT2D eigenvalue weighted by molar-refractivity contribution is -0.141. The fraction of sp³-hybridized carbons (Fsp3) is 0.148. The SMILES string of the molecule is O=C1C(=O)C(O)C(C2CC=C(c3ccc(N(c4ccccc4)c4ccccc4)cc3)N2)C1=O. The lowest BCUT2D eigenvalue weighted by Gasteiger charge is -2.25. The number of hydrogen-bond acceptors (Lipinski definition) is 6. The maximum Gasteiger partial charge on any atom is 0.267 e. The second-order valence-corrected chi connectivity index (χ2v) is 8.19. The van der Waals surface area contributed by atoms with Gasteiger partial charge in [0.2, 0.25) is 11.6 Å². The van der Waals surface area contributed by atoms with E-state index in [4.69, 9.17) is 0 Å². The molecule has 1 fully saturated rings. The summed E-state index contributed by atoms with van der Waals surface area (Å²) < 4.78 is 0. The average molecular weight is 438 g/mol. The molecule has 5 rings (SSSR count). The van der Waals surface area contributed by atoms with Gasteiger partial charge >= 0.3 is 0 Å². The first-order valence-corrected chi connectivity index (χ1v) is 10.8. The third-order valence-corrected chi connectivity index (χ3v) is 6.17. The van der Waals surface area contributed by atoms with E-state index in [0.29, 0.717) is 6.42 Å². The molecule has 0 amide bonds. The van der Waals surface area contributed by atoms with Crippen LogP contribution in [0.1, 0.15) is 12.0 Å². The Morgan fingerprint density at radius 2 is 1.27 bits per heavy atom. The highest BCUT2D eigenvalue weighted by Gasteiger charge is 2.52. The fourth-order valence-electron chi connectivity index (χ4n) is 4.51.